The number of methoxy groups -OCH3 is 1. The van der Waals surface area contributed by atoms with Crippen LogP contribution in [-0.4, -0.2) is 30.7 Å². The zero-order valence-electron chi connectivity index (χ0n) is 13.4. The van der Waals surface area contributed by atoms with Gasteiger partial charge in [0.2, 0.25) is 0 Å². The van der Waals surface area contributed by atoms with Crippen molar-refractivity contribution in [2.24, 2.45) is 0 Å². The van der Waals surface area contributed by atoms with Crippen molar-refractivity contribution >= 4 is 29.1 Å². The van der Waals surface area contributed by atoms with E-state index in [0.29, 0.717) is 17.0 Å². The van der Waals surface area contributed by atoms with Gasteiger partial charge in [-0.05, 0) is 43.3 Å². The van der Waals surface area contributed by atoms with Gasteiger partial charge in [0.05, 0.1) is 18.0 Å². The summed E-state index contributed by atoms with van der Waals surface area (Å²) in [5.74, 6) is 1.11. The molecule has 0 spiro atoms. The number of ether oxygens (including phenoxy) is 2. The first-order chi connectivity index (χ1) is 11.6. The molecule has 124 valence electrons. The normalized spacial score (nSPS) is 14.2. The average molecular weight is 343 g/mol. The van der Waals surface area contributed by atoms with E-state index in [4.69, 9.17) is 9.47 Å². The number of hydrogen-bond acceptors (Lipinski definition) is 5. The lowest BCUT2D eigenvalue weighted by Crippen LogP contribution is -2.25. The number of benzene rings is 2. The topological polar surface area (TPSA) is 64.6 Å². The van der Waals surface area contributed by atoms with E-state index in [-0.39, 0.29) is 23.5 Å². The lowest BCUT2D eigenvalue weighted by molar-refractivity contribution is -0.118. The molecule has 1 aliphatic heterocycles. The van der Waals surface area contributed by atoms with Gasteiger partial charge in [0.1, 0.15) is 11.5 Å². The van der Waals surface area contributed by atoms with E-state index in [1.54, 1.807) is 25.3 Å². The zero-order chi connectivity index (χ0) is 17.1. The summed E-state index contributed by atoms with van der Waals surface area (Å²) < 4.78 is 10.5. The van der Waals surface area contributed by atoms with Gasteiger partial charge in [-0.15, -0.1) is 11.8 Å². The number of nitrogens with one attached hydrogen (secondary N) is 1. The minimum Gasteiger partial charge on any atom is -0.497 e. The maximum atomic E-state index is 12.7. The summed E-state index contributed by atoms with van der Waals surface area (Å²) in [6.07, 6.45) is 0. The van der Waals surface area contributed by atoms with Gasteiger partial charge in [0.25, 0.3) is 5.91 Å². The summed E-state index contributed by atoms with van der Waals surface area (Å²) in [5.41, 5.74) is 1.08. The molecule has 0 aliphatic carbocycles. The number of anilines is 1. The summed E-state index contributed by atoms with van der Waals surface area (Å²) in [5, 5.41) is 2.45. The van der Waals surface area contributed by atoms with E-state index in [1.807, 2.05) is 31.2 Å². The Balaban J connectivity index is 1.75. The molecule has 2 aromatic carbocycles. The second kappa shape index (κ2) is 6.97. The van der Waals surface area contributed by atoms with Crippen LogP contribution in [0.2, 0.25) is 0 Å². The number of Topliss-reactive ketones (excluding diaryl/α,β-unsaturated/α-hetero) is 1. The Hall–Kier alpha value is -2.47. The molecule has 0 unspecified atom stereocenters. The molecule has 0 aromatic heterocycles. The minimum absolute atomic E-state index is 0.00237. The quantitative estimate of drug-likeness (QED) is 0.666. The highest BCUT2D eigenvalue weighted by atomic mass is 32.2. The summed E-state index contributed by atoms with van der Waals surface area (Å²) in [6.45, 7) is 1.86. The third-order valence-corrected chi connectivity index (χ3v) is 4.71. The van der Waals surface area contributed by atoms with Crippen LogP contribution >= 0.6 is 11.8 Å². The van der Waals surface area contributed by atoms with E-state index < -0.39 is 0 Å². The number of carbonyl (C=O) groups is 2. The Kier molecular flexibility index (Phi) is 4.76. The van der Waals surface area contributed by atoms with Crippen LogP contribution in [0, 0.1) is 0 Å². The predicted molar refractivity (Wildman–Crippen MR) is 93.2 cm³/mol. The second-order valence-corrected chi connectivity index (χ2v) is 6.77. The molecule has 1 N–H and O–H groups in total. The van der Waals surface area contributed by atoms with Crippen LogP contribution in [0.5, 0.6) is 11.5 Å². The van der Waals surface area contributed by atoms with E-state index >= 15 is 0 Å². The van der Waals surface area contributed by atoms with Crippen molar-refractivity contribution in [3.05, 3.63) is 48.0 Å². The van der Waals surface area contributed by atoms with E-state index in [9.17, 15) is 9.59 Å². The maximum Gasteiger partial charge on any atom is 0.262 e. The van der Waals surface area contributed by atoms with Crippen LogP contribution in [0.15, 0.2) is 47.4 Å². The number of amides is 1. The van der Waals surface area contributed by atoms with Gasteiger partial charge in [-0.25, -0.2) is 0 Å². The van der Waals surface area contributed by atoms with Crippen molar-refractivity contribution in [3.63, 3.8) is 0 Å². The molecule has 0 saturated carbocycles. The van der Waals surface area contributed by atoms with E-state index in [0.717, 1.165) is 10.6 Å². The average Bonchev–Trinajstić information content (AvgIpc) is 2.60. The molecule has 1 heterocycles. The maximum absolute atomic E-state index is 12.7. The largest absolute Gasteiger partial charge is 0.497 e. The first-order valence-corrected chi connectivity index (χ1v) is 8.36. The number of carbonyl (C=O) groups excluding carboxylic acids is 2. The highest BCUT2D eigenvalue weighted by Gasteiger charge is 2.21. The highest BCUT2D eigenvalue weighted by molar-refractivity contribution is 8.00. The van der Waals surface area contributed by atoms with Crippen molar-refractivity contribution in [1.29, 1.82) is 0 Å². The van der Waals surface area contributed by atoms with Gasteiger partial charge in [-0.1, -0.05) is 6.07 Å². The lowest BCUT2D eigenvalue weighted by Gasteiger charge is -2.19. The lowest BCUT2D eigenvalue weighted by atomic mass is 10.1. The second-order valence-electron chi connectivity index (χ2n) is 5.35. The zero-order valence-corrected chi connectivity index (χ0v) is 14.2. The number of rotatable bonds is 5. The van der Waals surface area contributed by atoms with E-state index in [1.165, 1.54) is 11.8 Å². The van der Waals surface area contributed by atoms with Crippen molar-refractivity contribution in [1.82, 2.24) is 0 Å². The predicted octanol–water partition coefficient (Wildman–Crippen LogP) is 3.39. The molecular formula is C18H17NO4S. The Morgan fingerprint density at radius 1 is 1.29 bits per heavy atom. The van der Waals surface area contributed by atoms with Crippen LogP contribution in [-0.2, 0) is 4.79 Å². The number of fused-ring (bicyclic) bond motifs is 1. The molecule has 0 radical (unpaired) electrons. The van der Waals surface area contributed by atoms with Gasteiger partial charge in [-0.2, -0.15) is 0 Å². The van der Waals surface area contributed by atoms with Crippen molar-refractivity contribution in [2.45, 2.75) is 17.1 Å². The molecule has 0 bridgehead atoms. The van der Waals surface area contributed by atoms with E-state index in [2.05, 4.69) is 5.32 Å². The molecule has 1 atom stereocenters. The number of hydrogen-bond donors (Lipinski definition) is 1. The molecule has 1 amide bonds. The van der Waals surface area contributed by atoms with Crippen LogP contribution in [0.25, 0.3) is 0 Å². The Labute approximate surface area is 144 Å². The Bertz CT molecular complexity index is 790. The molecule has 3 rings (SSSR count). The summed E-state index contributed by atoms with van der Waals surface area (Å²) in [7, 11) is 1.61. The van der Waals surface area contributed by atoms with Crippen LogP contribution in [0.4, 0.5) is 5.69 Å². The third kappa shape index (κ3) is 3.54. The minimum atomic E-state index is -0.268. The monoisotopic (exact) mass is 343 g/mol. The van der Waals surface area contributed by atoms with Gasteiger partial charge in [-0.3, -0.25) is 9.59 Å². The first kappa shape index (κ1) is 16.4. The fourth-order valence-corrected chi connectivity index (χ4v) is 3.40. The molecule has 5 nitrogen and oxygen atoms in total. The van der Waals surface area contributed by atoms with Crippen molar-refractivity contribution < 1.29 is 19.1 Å². The fraction of sp³-hybridized carbons (Fsp3) is 0.222. The third-order valence-electron chi connectivity index (χ3n) is 3.62. The van der Waals surface area contributed by atoms with Crippen molar-refractivity contribution in [3.8, 4) is 11.5 Å². The van der Waals surface area contributed by atoms with Gasteiger partial charge >= 0.3 is 0 Å². The Morgan fingerprint density at radius 2 is 2.12 bits per heavy atom. The van der Waals surface area contributed by atoms with Gasteiger partial charge < -0.3 is 14.8 Å². The summed E-state index contributed by atoms with van der Waals surface area (Å²) >= 11 is 1.47. The van der Waals surface area contributed by atoms with Crippen molar-refractivity contribution in [2.75, 3.05) is 19.0 Å². The molecule has 1 aliphatic rings. The SMILES string of the molecule is COc1cccc(S[C@H](C)C(=O)c2ccc3c(c2)NC(=O)CO3)c1. The molecule has 6 heteroatoms. The smallest absolute Gasteiger partial charge is 0.262 e. The Morgan fingerprint density at radius 3 is 2.92 bits per heavy atom. The van der Waals surface area contributed by atoms with Gasteiger partial charge in [0, 0.05) is 10.5 Å². The van der Waals surface area contributed by atoms with Crippen LogP contribution in [0.1, 0.15) is 17.3 Å². The number of thioether (sulfide) groups is 1. The molecule has 2 aromatic rings. The summed E-state index contributed by atoms with van der Waals surface area (Å²) in [4.78, 5) is 25.0. The highest BCUT2D eigenvalue weighted by Crippen LogP contribution is 2.32. The van der Waals surface area contributed by atoms with Crippen LogP contribution < -0.4 is 14.8 Å². The molecule has 0 fully saturated rings. The number of ketones is 1. The summed E-state index contributed by atoms with van der Waals surface area (Å²) in [6, 6.07) is 12.7. The molecule has 24 heavy (non-hydrogen) atoms. The molecule has 0 saturated heterocycles. The standard InChI is InChI=1S/C18H17NO4S/c1-11(24-14-5-3-4-13(9-14)22-2)18(21)12-6-7-16-15(8-12)19-17(20)10-23-16/h3-9,11H,10H2,1-2H3,(H,19,20)/t11-/m1/s1. The van der Waals surface area contributed by atoms with Crippen LogP contribution in [0.3, 0.4) is 0 Å². The first-order valence-electron chi connectivity index (χ1n) is 7.48. The molecular weight excluding hydrogens is 326 g/mol. The van der Waals surface area contributed by atoms with Gasteiger partial charge in [0.15, 0.2) is 12.4 Å². The fourth-order valence-electron chi connectivity index (χ4n) is 2.40.